The summed E-state index contributed by atoms with van der Waals surface area (Å²) >= 11 is 0. The van der Waals surface area contributed by atoms with Crippen LogP contribution in [0, 0.1) is 11.8 Å². The second kappa shape index (κ2) is 10.1. The number of amides is 4. The summed E-state index contributed by atoms with van der Waals surface area (Å²) in [6.45, 7) is 4.78. The summed E-state index contributed by atoms with van der Waals surface area (Å²) in [4.78, 5) is 62.6. The Morgan fingerprint density at radius 3 is 2.52 bits per heavy atom. The van der Waals surface area contributed by atoms with Crippen LogP contribution in [0.25, 0.3) is 0 Å². The Kier molecular flexibility index (Phi) is 7.50. The van der Waals surface area contributed by atoms with Gasteiger partial charge in [0.1, 0.15) is 12.1 Å². The van der Waals surface area contributed by atoms with E-state index in [1.54, 1.807) is 12.1 Å². The van der Waals surface area contributed by atoms with Crippen molar-refractivity contribution < 1.29 is 28.7 Å². The number of carbonyl (C=O) groups excluding carboxylic acids is 5. The van der Waals surface area contributed by atoms with Gasteiger partial charge in [0.15, 0.2) is 12.4 Å². The molecule has 3 rings (SSSR count). The first kappa shape index (κ1) is 24.4. The number of Topliss-reactive ketones (excluding diaryl/α,β-unsaturated/α-hetero) is 1. The fraction of sp³-hybridized carbons (Fsp3) is 0.542. The molecule has 33 heavy (non-hydrogen) atoms. The number of nitrogens with zero attached hydrogens (tertiary/aromatic N) is 1. The predicted octanol–water partition coefficient (Wildman–Crippen LogP) is 2.90. The molecule has 2 atom stereocenters. The predicted molar refractivity (Wildman–Crippen MR) is 120 cm³/mol. The van der Waals surface area contributed by atoms with E-state index in [9.17, 15) is 24.0 Å². The number of hydrogen-bond donors (Lipinski definition) is 2. The number of urea groups is 1. The van der Waals surface area contributed by atoms with Crippen molar-refractivity contribution in [1.82, 2.24) is 10.2 Å². The first-order valence-corrected chi connectivity index (χ1v) is 11.3. The Hall–Kier alpha value is -3.23. The Labute approximate surface area is 193 Å². The zero-order valence-corrected chi connectivity index (χ0v) is 19.3. The van der Waals surface area contributed by atoms with Crippen LogP contribution < -0.4 is 10.6 Å². The summed E-state index contributed by atoms with van der Waals surface area (Å²) in [5.74, 6) is -1.55. The quantitative estimate of drug-likeness (QED) is 0.352. The molecular formula is C24H31N3O6. The molecule has 2 fully saturated rings. The van der Waals surface area contributed by atoms with Crippen molar-refractivity contribution in [3.63, 3.8) is 0 Å². The Bertz CT molecular complexity index is 942. The minimum atomic E-state index is -0.947. The molecule has 1 aliphatic heterocycles. The topological polar surface area (TPSA) is 122 Å². The number of anilines is 1. The highest BCUT2D eigenvalue weighted by Gasteiger charge is 2.55. The summed E-state index contributed by atoms with van der Waals surface area (Å²) in [5.41, 5.74) is -0.0640. The Morgan fingerprint density at radius 1 is 1.18 bits per heavy atom. The maximum absolute atomic E-state index is 12.9. The minimum Gasteiger partial charge on any atom is -0.456 e. The first-order valence-electron chi connectivity index (χ1n) is 11.3. The van der Waals surface area contributed by atoms with Crippen LogP contribution in [-0.4, -0.2) is 53.2 Å². The van der Waals surface area contributed by atoms with Crippen LogP contribution in [0.2, 0.25) is 0 Å². The lowest BCUT2D eigenvalue weighted by atomic mass is 9.73. The Balaban J connectivity index is 1.50. The molecule has 1 saturated carbocycles. The molecule has 1 heterocycles. The van der Waals surface area contributed by atoms with Gasteiger partial charge in [0, 0.05) is 17.7 Å². The van der Waals surface area contributed by atoms with Crippen LogP contribution in [0.15, 0.2) is 24.3 Å². The minimum absolute atomic E-state index is 0.0107. The van der Waals surface area contributed by atoms with E-state index in [0.717, 1.165) is 24.2 Å². The van der Waals surface area contributed by atoms with Crippen LogP contribution >= 0.6 is 0 Å². The number of hydrogen-bond acceptors (Lipinski definition) is 6. The van der Waals surface area contributed by atoms with Crippen molar-refractivity contribution in [1.29, 1.82) is 0 Å². The van der Waals surface area contributed by atoms with E-state index in [4.69, 9.17) is 4.74 Å². The average molecular weight is 458 g/mol. The third-order valence-corrected chi connectivity index (χ3v) is 6.24. The number of esters is 1. The molecule has 1 aliphatic carbocycles. The monoisotopic (exact) mass is 457 g/mol. The molecule has 1 aromatic carbocycles. The lowest BCUT2D eigenvalue weighted by molar-refractivity contribution is -0.147. The Morgan fingerprint density at radius 2 is 1.88 bits per heavy atom. The van der Waals surface area contributed by atoms with Crippen molar-refractivity contribution in [3.8, 4) is 0 Å². The van der Waals surface area contributed by atoms with Crippen LogP contribution in [0.4, 0.5) is 10.5 Å². The molecule has 9 nitrogen and oxygen atoms in total. The smallest absolute Gasteiger partial charge is 0.326 e. The number of benzene rings is 1. The fourth-order valence-electron chi connectivity index (χ4n) is 4.37. The van der Waals surface area contributed by atoms with Crippen molar-refractivity contribution in [2.24, 2.45) is 11.8 Å². The zero-order valence-electron chi connectivity index (χ0n) is 19.3. The highest BCUT2D eigenvalue weighted by Crippen LogP contribution is 2.38. The zero-order chi connectivity index (χ0) is 24.2. The molecule has 2 aliphatic rings. The van der Waals surface area contributed by atoms with Gasteiger partial charge in [0.25, 0.3) is 5.91 Å². The van der Waals surface area contributed by atoms with Gasteiger partial charge in [-0.15, -0.1) is 0 Å². The third kappa shape index (κ3) is 5.58. The van der Waals surface area contributed by atoms with Crippen LogP contribution in [0.1, 0.15) is 63.2 Å². The molecule has 0 unspecified atom stereocenters. The maximum Gasteiger partial charge on any atom is 0.326 e. The van der Waals surface area contributed by atoms with E-state index in [1.165, 1.54) is 12.1 Å². The standard InChI is InChI=1S/C24H31N3O6/c1-15(2)12-20(29)25-18-9-7-17(8-10-18)19(28)14-33-21(30)13-27-22(31)24(26-23(27)32)11-5-4-6-16(24)3/h7-10,15-16H,4-6,11-14H2,1-3H3,(H,25,29)(H,26,32)/t16-,24-/m1/s1. The second-order valence-corrected chi connectivity index (χ2v) is 9.25. The molecule has 1 saturated heterocycles. The van der Waals surface area contributed by atoms with E-state index in [0.29, 0.717) is 24.1 Å². The number of nitrogens with one attached hydrogen (secondary N) is 2. The summed E-state index contributed by atoms with van der Waals surface area (Å²) < 4.78 is 5.03. The lowest BCUT2D eigenvalue weighted by Gasteiger charge is -2.36. The molecule has 1 spiro atoms. The van der Waals surface area contributed by atoms with Crippen molar-refractivity contribution in [3.05, 3.63) is 29.8 Å². The second-order valence-electron chi connectivity index (χ2n) is 9.25. The molecule has 4 amide bonds. The van der Waals surface area contributed by atoms with E-state index in [-0.39, 0.29) is 17.7 Å². The summed E-state index contributed by atoms with van der Waals surface area (Å²) in [6.07, 6.45) is 3.62. The molecule has 0 bridgehead atoms. The van der Waals surface area contributed by atoms with Crippen molar-refractivity contribution >= 4 is 35.3 Å². The maximum atomic E-state index is 12.9. The normalized spacial score (nSPS) is 22.4. The molecule has 9 heteroatoms. The van der Waals surface area contributed by atoms with E-state index in [2.05, 4.69) is 10.6 Å². The average Bonchev–Trinajstić information content (AvgIpc) is 2.99. The molecule has 178 valence electrons. The SMILES string of the molecule is CC(C)CC(=O)Nc1ccc(C(=O)COC(=O)CN2C(=O)N[C@@]3(CCCC[C@H]3C)C2=O)cc1. The van der Waals surface area contributed by atoms with Gasteiger partial charge in [-0.3, -0.25) is 24.1 Å². The highest BCUT2D eigenvalue weighted by molar-refractivity contribution is 6.09. The number of imide groups is 1. The van der Waals surface area contributed by atoms with Gasteiger partial charge in [-0.25, -0.2) is 4.79 Å². The number of ketones is 1. The van der Waals surface area contributed by atoms with Crippen LogP contribution in [-0.2, 0) is 19.1 Å². The van der Waals surface area contributed by atoms with E-state index in [1.807, 2.05) is 20.8 Å². The number of rotatable bonds is 8. The lowest BCUT2D eigenvalue weighted by Crippen LogP contribution is -2.54. The number of ether oxygens (including phenoxy) is 1. The van der Waals surface area contributed by atoms with Gasteiger partial charge in [-0.05, 0) is 48.9 Å². The van der Waals surface area contributed by atoms with Gasteiger partial charge in [-0.1, -0.05) is 33.6 Å². The van der Waals surface area contributed by atoms with Crippen LogP contribution in [0.5, 0.6) is 0 Å². The van der Waals surface area contributed by atoms with Gasteiger partial charge >= 0.3 is 12.0 Å². The highest BCUT2D eigenvalue weighted by atomic mass is 16.5. The van der Waals surface area contributed by atoms with Gasteiger partial charge in [0.2, 0.25) is 5.91 Å². The van der Waals surface area contributed by atoms with E-state index >= 15 is 0 Å². The third-order valence-electron chi connectivity index (χ3n) is 6.24. The molecule has 0 aromatic heterocycles. The molecular weight excluding hydrogens is 426 g/mol. The fourth-order valence-corrected chi connectivity index (χ4v) is 4.37. The van der Waals surface area contributed by atoms with Gasteiger partial charge < -0.3 is 15.4 Å². The first-order chi connectivity index (χ1) is 15.6. The van der Waals surface area contributed by atoms with Crippen LogP contribution in [0.3, 0.4) is 0 Å². The molecule has 1 aromatic rings. The van der Waals surface area contributed by atoms with Crippen molar-refractivity contribution in [2.75, 3.05) is 18.5 Å². The van der Waals surface area contributed by atoms with Gasteiger partial charge in [0.05, 0.1) is 0 Å². The van der Waals surface area contributed by atoms with Gasteiger partial charge in [-0.2, -0.15) is 0 Å². The molecule has 2 N–H and O–H groups in total. The summed E-state index contributed by atoms with van der Waals surface area (Å²) in [5, 5.41) is 5.53. The summed E-state index contributed by atoms with van der Waals surface area (Å²) in [6, 6.07) is 5.67. The summed E-state index contributed by atoms with van der Waals surface area (Å²) in [7, 11) is 0. The van der Waals surface area contributed by atoms with Crippen molar-refractivity contribution in [2.45, 2.75) is 58.4 Å². The largest absolute Gasteiger partial charge is 0.456 e. The van der Waals surface area contributed by atoms with E-state index < -0.39 is 42.4 Å². The molecule has 0 radical (unpaired) electrons. The number of carbonyl (C=O) groups is 5.